The molecule has 21 heavy (non-hydrogen) atoms. The summed E-state index contributed by atoms with van der Waals surface area (Å²) in [5.41, 5.74) is 2.81. The number of aromatic nitrogens is 1. The predicted octanol–water partition coefficient (Wildman–Crippen LogP) is 3.34. The Balaban J connectivity index is 1.90. The van der Waals surface area contributed by atoms with Crippen molar-refractivity contribution in [3.8, 4) is 5.75 Å². The van der Waals surface area contributed by atoms with Gasteiger partial charge in [-0.15, -0.1) is 0 Å². The summed E-state index contributed by atoms with van der Waals surface area (Å²) < 4.78 is 11.2. The van der Waals surface area contributed by atoms with E-state index in [0.29, 0.717) is 6.42 Å². The van der Waals surface area contributed by atoms with Crippen molar-refractivity contribution in [1.82, 2.24) is 10.3 Å². The second-order valence-electron chi connectivity index (χ2n) is 4.86. The summed E-state index contributed by atoms with van der Waals surface area (Å²) in [6.07, 6.45) is 0.672. The number of benzene rings is 2. The second kappa shape index (κ2) is 5.97. The SMILES string of the molecule is CNC(Cc1nc2ccccc2o1)c1ccccc1OC. The number of hydrogen-bond donors (Lipinski definition) is 1. The van der Waals surface area contributed by atoms with Gasteiger partial charge in [-0.3, -0.25) is 0 Å². The lowest BCUT2D eigenvalue weighted by Gasteiger charge is -2.17. The smallest absolute Gasteiger partial charge is 0.197 e. The van der Waals surface area contributed by atoms with E-state index >= 15 is 0 Å². The highest BCUT2D eigenvalue weighted by molar-refractivity contribution is 5.72. The summed E-state index contributed by atoms with van der Waals surface area (Å²) in [6, 6.07) is 15.9. The third kappa shape index (κ3) is 2.76. The average Bonchev–Trinajstić information content (AvgIpc) is 2.95. The lowest BCUT2D eigenvalue weighted by molar-refractivity contribution is 0.396. The van der Waals surface area contributed by atoms with Gasteiger partial charge in [-0.1, -0.05) is 30.3 Å². The number of likely N-dealkylation sites (N-methyl/N-ethyl adjacent to an activating group) is 1. The first-order chi connectivity index (χ1) is 10.3. The van der Waals surface area contributed by atoms with E-state index < -0.39 is 0 Å². The van der Waals surface area contributed by atoms with Crippen LogP contribution in [-0.4, -0.2) is 19.1 Å². The fourth-order valence-corrected chi connectivity index (χ4v) is 2.50. The zero-order chi connectivity index (χ0) is 14.7. The number of nitrogens with one attached hydrogen (secondary N) is 1. The lowest BCUT2D eigenvalue weighted by Crippen LogP contribution is -2.19. The highest BCUT2D eigenvalue weighted by Gasteiger charge is 2.17. The Bertz CT molecular complexity index is 703. The van der Waals surface area contributed by atoms with E-state index in [1.54, 1.807) is 7.11 Å². The first-order valence-electron chi connectivity index (χ1n) is 6.96. The molecule has 2 aromatic carbocycles. The molecule has 4 nitrogen and oxygen atoms in total. The monoisotopic (exact) mass is 282 g/mol. The molecule has 1 unspecified atom stereocenters. The maximum absolute atomic E-state index is 5.80. The molecule has 0 amide bonds. The quantitative estimate of drug-likeness (QED) is 0.779. The van der Waals surface area contributed by atoms with Gasteiger partial charge < -0.3 is 14.5 Å². The van der Waals surface area contributed by atoms with Crippen molar-refractivity contribution in [2.75, 3.05) is 14.2 Å². The molecule has 4 heteroatoms. The second-order valence-corrected chi connectivity index (χ2v) is 4.86. The fraction of sp³-hybridized carbons (Fsp3) is 0.235. The van der Waals surface area contributed by atoms with Gasteiger partial charge >= 0.3 is 0 Å². The van der Waals surface area contributed by atoms with Crippen LogP contribution in [0.2, 0.25) is 0 Å². The molecule has 0 aliphatic carbocycles. The Morgan fingerprint density at radius 3 is 2.67 bits per heavy atom. The largest absolute Gasteiger partial charge is 0.496 e. The molecule has 0 radical (unpaired) electrons. The molecule has 1 heterocycles. The van der Waals surface area contributed by atoms with Crippen LogP contribution >= 0.6 is 0 Å². The van der Waals surface area contributed by atoms with Crippen molar-refractivity contribution in [3.63, 3.8) is 0 Å². The minimum absolute atomic E-state index is 0.0919. The summed E-state index contributed by atoms with van der Waals surface area (Å²) in [5.74, 6) is 1.59. The topological polar surface area (TPSA) is 47.3 Å². The zero-order valence-corrected chi connectivity index (χ0v) is 12.2. The summed E-state index contributed by atoms with van der Waals surface area (Å²) in [5, 5.41) is 3.31. The van der Waals surface area contributed by atoms with Crippen molar-refractivity contribution in [2.24, 2.45) is 0 Å². The Morgan fingerprint density at radius 1 is 1.14 bits per heavy atom. The third-order valence-electron chi connectivity index (χ3n) is 3.58. The highest BCUT2D eigenvalue weighted by Crippen LogP contribution is 2.27. The molecular weight excluding hydrogens is 264 g/mol. The molecule has 1 aromatic heterocycles. The first-order valence-corrected chi connectivity index (χ1v) is 6.96. The molecule has 0 aliphatic heterocycles. The molecule has 0 bridgehead atoms. The summed E-state index contributed by atoms with van der Waals surface area (Å²) in [4.78, 5) is 4.53. The Morgan fingerprint density at radius 2 is 1.90 bits per heavy atom. The molecule has 108 valence electrons. The van der Waals surface area contributed by atoms with Crippen LogP contribution in [0.1, 0.15) is 17.5 Å². The van der Waals surface area contributed by atoms with Gasteiger partial charge in [-0.05, 0) is 25.2 Å². The fourth-order valence-electron chi connectivity index (χ4n) is 2.50. The number of para-hydroxylation sites is 3. The minimum Gasteiger partial charge on any atom is -0.496 e. The zero-order valence-electron chi connectivity index (χ0n) is 12.2. The summed E-state index contributed by atoms with van der Waals surface area (Å²) in [7, 11) is 3.62. The molecule has 0 fully saturated rings. The maximum atomic E-state index is 5.80. The molecule has 0 saturated heterocycles. The van der Waals surface area contributed by atoms with Crippen molar-refractivity contribution < 1.29 is 9.15 Å². The molecule has 3 aromatic rings. The van der Waals surface area contributed by atoms with Gasteiger partial charge in [-0.2, -0.15) is 0 Å². The van der Waals surface area contributed by atoms with Crippen molar-refractivity contribution in [1.29, 1.82) is 0 Å². The normalized spacial score (nSPS) is 12.5. The van der Waals surface area contributed by atoms with Crippen LogP contribution < -0.4 is 10.1 Å². The van der Waals surface area contributed by atoms with Gasteiger partial charge in [0.15, 0.2) is 11.5 Å². The Hall–Kier alpha value is -2.33. The number of oxazole rings is 1. The van der Waals surface area contributed by atoms with Gasteiger partial charge in [0.1, 0.15) is 11.3 Å². The van der Waals surface area contributed by atoms with Gasteiger partial charge in [0.25, 0.3) is 0 Å². The molecule has 3 rings (SSSR count). The van der Waals surface area contributed by atoms with Crippen LogP contribution in [0.15, 0.2) is 52.9 Å². The summed E-state index contributed by atoms with van der Waals surface area (Å²) >= 11 is 0. The third-order valence-corrected chi connectivity index (χ3v) is 3.58. The number of nitrogens with zero attached hydrogens (tertiary/aromatic N) is 1. The minimum atomic E-state index is 0.0919. The van der Waals surface area contributed by atoms with E-state index in [9.17, 15) is 0 Å². The number of rotatable bonds is 5. The predicted molar refractivity (Wildman–Crippen MR) is 82.5 cm³/mol. The van der Waals surface area contributed by atoms with Crippen LogP contribution in [0.25, 0.3) is 11.1 Å². The van der Waals surface area contributed by atoms with Gasteiger partial charge in [0.2, 0.25) is 0 Å². The van der Waals surface area contributed by atoms with Crippen molar-refractivity contribution >= 4 is 11.1 Å². The van der Waals surface area contributed by atoms with Gasteiger partial charge in [0.05, 0.1) is 7.11 Å². The first kappa shape index (κ1) is 13.6. The van der Waals surface area contributed by atoms with E-state index in [1.807, 2.05) is 49.5 Å². The Labute approximate surface area is 123 Å². The molecular formula is C17H18N2O2. The van der Waals surface area contributed by atoms with Crippen LogP contribution in [-0.2, 0) is 6.42 Å². The van der Waals surface area contributed by atoms with E-state index in [1.165, 1.54) is 0 Å². The van der Waals surface area contributed by atoms with Crippen molar-refractivity contribution in [2.45, 2.75) is 12.5 Å². The standard InChI is InChI=1S/C17H18N2O2/c1-18-14(12-7-3-5-9-15(12)20-2)11-17-19-13-8-4-6-10-16(13)21-17/h3-10,14,18H,11H2,1-2H3. The number of ether oxygens (including phenoxy) is 1. The van der Waals surface area contributed by atoms with Crippen LogP contribution in [0.4, 0.5) is 0 Å². The number of fused-ring (bicyclic) bond motifs is 1. The molecule has 1 atom stereocenters. The highest BCUT2D eigenvalue weighted by atomic mass is 16.5. The van der Waals surface area contributed by atoms with Crippen LogP contribution in [0, 0.1) is 0 Å². The molecule has 1 N–H and O–H groups in total. The maximum Gasteiger partial charge on any atom is 0.197 e. The van der Waals surface area contributed by atoms with Gasteiger partial charge in [-0.25, -0.2) is 4.98 Å². The Kier molecular flexibility index (Phi) is 3.88. The van der Waals surface area contributed by atoms with Crippen molar-refractivity contribution in [3.05, 3.63) is 60.0 Å². The number of hydrogen-bond acceptors (Lipinski definition) is 4. The van der Waals surface area contributed by atoms with E-state index in [0.717, 1.165) is 28.3 Å². The number of methoxy groups -OCH3 is 1. The molecule has 0 aliphatic rings. The van der Waals surface area contributed by atoms with Crippen LogP contribution in [0.3, 0.4) is 0 Å². The van der Waals surface area contributed by atoms with Crippen LogP contribution in [0.5, 0.6) is 5.75 Å². The lowest BCUT2D eigenvalue weighted by atomic mass is 10.0. The van der Waals surface area contributed by atoms with E-state index in [2.05, 4.69) is 16.4 Å². The molecule has 0 saturated carbocycles. The molecule has 0 spiro atoms. The van der Waals surface area contributed by atoms with E-state index in [-0.39, 0.29) is 6.04 Å². The van der Waals surface area contributed by atoms with E-state index in [4.69, 9.17) is 9.15 Å². The van der Waals surface area contributed by atoms with Gasteiger partial charge in [0, 0.05) is 18.0 Å². The average molecular weight is 282 g/mol. The summed E-state index contributed by atoms with van der Waals surface area (Å²) in [6.45, 7) is 0.